The van der Waals surface area contributed by atoms with Crippen molar-refractivity contribution in [2.45, 2.75) is 12.6 Å². The standard InChI is InChI=1S/C10H13Br2NO.C2HF3O2/c1-13(2)4-3-7-5-8(11)10(14)9(12)6-7;3-2(4,5)1(6)7/h5-6,14H,3-4H2,1-2H3;(H,6,7). The van der Waals surface area contributed by atoms with E-state index < -0.39 is 12.1 Å². The molecule has 0 aliphatic carbocycles. The van der Waals surface area contributed by atoms with Crippen LogP contribution in [0.15, 0.2) is 21.1 Å². The lowest BCUT2D eigenvalue weighted by Crippen LogP contribution is -2.21. The van der Waals surface area contributed by atoms with Crippen LogP contribution < -0.4 is 0 Å². The molecule has 0 aliphatic rings. The van der Waals surface area contributed by atoms with E-state index >= 15 is 0 Å². The average Bonchev–Trinajstić information content (AvgIpc) is 2.32. The number of rotatable bonds is 3. The molecule has 0 unspecified atom stereocenters. The van der Waals surface area contributed by atoms with Gasteiger partial charge in [-0.15, -0.1) is 0 Å². The lowest BCUT2D eigenvalue weighted by Gasteiger charge is -2.10. The zero-order valence-corrected chi connectivity index (χ0v) is 14.4. The highest BCUT2D eigenvalue weighted by Crippen LogP contribution is 2.33. The number of nitrogens with zero attached hydrogens (tertiary/aromatic N) is 1. The molecule has 0 fully saturated rings. The molecule has 1 aromatic rings. The molecular formula is C12H14Br2F3NO3. The maximum absolute atomic E-state index is 10.6. The Labute approximate surface area is 136 Å². The van der Waals surface area contributed by atoms with Crippen molar-refractivity contribution in [3.63, 3.8) is 0 Å². The molecular weight excluding hydrogens is 423 g/mol. The summed E-state index contributed by atoms with van der Waals surface area (Å²) in [6, 6.07) is 3.90. The van der Waals surface area contributed by atoms with Crippen molar-refractivity contribution in [2.24, 2.45) is 0 Å². The van der Waals surface area contributed by atoms with E-state index in [0.717, 1.165) is 21.9 Å². The number of hydrogen-bond donors (Lipinski definition) is 2. The molecule has 1 aromatic carbocycles. The Morgan fingerprint density at radius 1 is 1.24 bits per heavy atom. The number of aliphatic carboxylic acids is 1. The summed E-state index contributed by atoms with van der Waals surface area (Å²) in [6.07, 6.45) is -4.11. The van der Waals surface area contributed by atoms with Crippen molar-refractivity contribution in [3.05, 3.63) is 26.6 Å². The van der Waals surface area contributed by atoms with Gasteiger partial charge in [-0.25, -0.2) is 4.79 Å². The number of carboxylic acids is 1. The summed E-state index contributed by atoms with van der Waals surface area (Å²) in [4.78, 5) is 11.0. The van der Waals surface area contributed by atoms with Crippen LogP contribution in [-0.2, 0) is 11.2 Å². The van der Waals surface area contributed by atoms with Gasteiger partial charge in [0.25, 0.3) is 0 Å². The van der Waals surface area contributed by atoms with Gasteiger partial charge >= 0.3 is 12.1 Å². The second kappa shape index (κ2) is 8.60. The van der Waals surface area contributed by atoms with Crippen LogP contribution in [-0.4, -0.2) is 47.9 Å². The third-order valence-corrected chi connectivity index (χ3v) is 3.38. The van der Waals surface area contributed by atoms with E-state index in [9.17, 15) is 18.3 Å². The summed E-state index contributed by atoms with van der Waals surface area (Å²) in [5.74, 6) is -2.49. The van der Waals surface area contributed by atoms with Gasteiger partial charge in [0.15, 0.2) is 0 Å². The van der Waals surface area contributed by atoms with E-state index in [1.165, 1.54) is 5.56 Å². The fourth-order valence-electron chi connectivity index (χ4n) is 1.12. The predicted molar refractivity (Wildman–Crippen MR) is 79.5 cm³/mol. The number of benzene rings is 1. The fraction of sp³-hybridized carbons (Fsp3) is 0.417. The summed E-state index contributed by atoms with van der Waals surface area (Å²) in [5.41, 5.74) is 1.20. The van der Waals surface area contributed by atoms with Gasteiger partial charge in [-0.2, -0.15) is 13.2 Å². The summed E-state index contributed by atoms with van der Waals surface area (Å²) < 4.78 is 33.2. The second-order valence-corrected chi connectivity index (χ2v) is 5.97. The number of alkyl halides is 3. The number of halogens is 5. The van der Waals surface area contributed by atoms with Gasteiger partial charge in [-0.05, 0) is 70.1 Å². The molecule has 0 amide bonds. The fourth-order valence-corrected chi connectivity index (χ4v) is 2.40. The van der Waals surface area contributed by atoms with Crippen molar-refractivity contribution in [1.29, 1.82) is 0 Å². The van der Waals surface area contributed by atoms with Crippen molar-refractivity contribution < 1.29 is 28.2 Å². The van der Waals surface area contributed by atoms with Crippen LogP contribution in [0.2, 0.25) is 0 Å². The van der Waals surface area contributed by atoms with Crippen molar-refractivity contribution >= 4 is 37.8 Å². The normalized spacial score (nSPS) is 11.0. The molecule has 21 heavy (non-hydrogen) atoms. The molecule has 0 aliphatic heterocycles. The number of hydrogen-bond acceptors (Lipinski definition) is 3. The highest BCUT2D eigenvalue weighted by atomic mass is 79.9. The molecule has 120 valence electrons. The Kier molecular flexibility index (Phi) is 8.27. The summed E-state index contributed by atoms with van der Waals surface area (Å²) >= 11 is 6.62. The number of phenolic OH excluding ortho intramolecular Hbond substituents is 1. The Morgan fingerprint density at radius 2 is 1.62 bits per heavy atom. The molecule has 0 saturated carbocycles. The van der Waals surface area contributed by atoms with Crippen LogP contribution in [0.1, 0.15) is 5.56 Å². The van der Waals surface area contributed by atoms with Crippen molar-refractivity contribution in [3.8, 4) is 5.75 Å². The minimum atomic E-state index is -5.08. The Balaban J connectivity index is 0.000000486. The number of carboxylic acid groups (broad SMARTS) is 1. The van der Waals surface area contributed by atoms with Gasteiger partial charge in [0.2, 0.25) is 0 Å². The highest BCUT2D eigenvalue weighted by Gasteiger charge is 2.38. The van der Waals surface area contributed by atoms with Gasteiger partial charge in [0, 0.05) is 6.54 Å². The summed E-state index contributed by atoms with van der Waals surface area (Å²) in [5, 5.41) is 16.6. The molecule has 0 bridgehead atoms. The van der Waals surface area contributed by atoms with Gasteiger partial charge in [-0.3, -0.25) is 0 Å². The smallest absolute Gasteiger partial charge is 0.490 e. The third kappa shape index (κ3) is 8.27. The first-order chi connectivity index (χ1) is 9.45. The first-order valence-corrected chi connectivity index (χ1v) is 7.15. The molecule has 2 N–H and O–H groups in total. The average molecular weight is 437 g/mol. The first-order valence-electron chi connectivity index (χ1n) is 5.57. The summed E-state index contributed by atoms with van der Waals surface area (Å²) in [6.45, 7) is 1.00. The number of likely N-dealkylation sites (N-methyl/N-ethyl adjacent to an activating group) is 1. The van der Waals surface area contributed by atoms with Gasteiger partial charge in [0.1, 0.15) is 5.75 Å². The minimum absolute atomic E-state index is 0.263. The zero-order valence-electron chi connectivity index (χ0n) is 11.2. The van der Waals surface area contributed by atoms with E-state index in [1.54, 1.807) is 0 Å². The Hall–Kier alpha value is -0.800. The Bertz CT molecular complexity index is 470. The zero-order chi connectivity index (χ0) is 16.8. The molecule has 0 spiro atoms. The van der Waals surface area contributed by atoms with E-state index in [4.69, 9.17) is 9.90 Å². The predicted octanol–water partition coefficient (Wildman–Crippen LogP) is 3.65. The molecule has 4 nitrogen and oxygen atoms in total. The SMILES string of the molecule is CN(C)CCc1cc(Br)c(O)c(Br)c1.O=C(O)C(F)(F)F. The van der Waals surface area contributed by atoms with Crippen molar-refractivity contribution in [2.75, 3.05) is 20.6 Å². The topological polar surface area (TPSA) is 60.8 Å². The van der Waals surface area contributed by atoms with Crippen LogP contribution in [0.25, 0.3) is 0 Å². The van der Waals surface area contributed by atoms with Gasteiger partial charge in [0.05, 0.1) is 8.95 Å². The Morgan fingerprint density at radius 3 is 1.90 bits per heavy atom. The van der Waals surface area contributed by atoms with E-state index in [1.807, 2.05) is 26.2 Å². The molecule has 0 saturated heterocycles. The van der Waals surface area contributed by atoms with Crippen LogP contribution in [0, 0.1) is 0 Å². The molecule has 1 rings (SSSR count). The van der Waals surface area contributed by atoms with Crippen LogP contribution >= 0.6 is 31.9 Å². The van der Waals surface area contributed by atoms with Gasteiger partial charge < -0.3 is 15.1 Å². The highest BCUT2D eigenvalue weighted by molar-refractivity contribution is 9.11. The maximum Gasteiger partial charge on any atom is 0.490 e. The monoisotopic (exact) mass is 435 g/mol. The molecule has 0 atom stereocenters. The lowest BCUT2D eigenvalue weighted by molar-refractivity contribution is -0.192. The second-order valence-electron chi connectivity index (χ2n) is 4.26. The van der Waals surface area contributed by atoms with Crippen LogP contribution in [0.5, 0.6) is 5.75 Å². The van der Waals surface area contributed by atoms with Crippen LogP contribution in [0.3, 0.4) is 0 Å². The number of aromatic hydroxyl groups is 1. The number of carbonyl (C=O) groups is 1. The van der Waals surface area contributed by atoms with Crippen LogP contribution in [0.4, 0.5) is 13.2 Å². The van der Waals surface area contributed by atoms with Crippen molar-refractivity contribution in [1.82, 2.24) is 4.90 Å². The van der Waals surface area contributed by atoms with E-state index in [2.05, 4.69) is 36.8 Å². The van der Waals surface area contributed by atoms with Gasteiger partial charge in [-0.1, -0.05) is 0 Å². The maximum atomic E-state index is 10.6. The summed E-state index contributed by atoms with van der Waals surface area (Å²) in [7, 11) is 4.09. The lowest BCUT2D eigenvalue weighted by atomic mass is 10.1. The third-order valence-electron chi connectivity index (χ3n) is 2.17. The minimum Gasteiger partial charge on any atom is -0.506 e. The molecule has 9 heteroatoms. The molecule has 0 aromatic heterocycles. The number of phenols is 1. The quantitative estimate of drug-likeness (QED) is 0.759. The molecule has 0 radical (unpaired) electrons. The van der Waals surface area contributed by atoms with E-state index in [-0.39, 0.29) is 5.75 Å². The largest absolute Gasteiger partial charge is 0.506 e. The van der Waals surface area contributed by atoms with E-state index in [0.29, 0.717) is 0 Å². The first kappa shape index (κ1) is 20.2. The molecule has 0 heterocycles.